The average molecular weight is 398 g/mol. The van der Waals surface area contributed by atoms with Crippen LogP contribution in [0.5, 0.6) is 0 Å². The maximum absolute atomic E-state index is 12.8. The van der Waals surface area contributed by atoms with Crippen LogP contribution in [0.4, 0.5) is 11.4 Å². The third-order valence-corrected chi connectivity index (χ3v) is 5.46. The van der Waals surface area contributed by atoms with Gasteiger partial charge in [-0.05, 0) is 36.8 Å². The standard InChI is InChI=1S/C16H18N2O6S2/c1-11-8-9-12(16(19)24-2)10-15(11)26(22,23)18-14-7-5-4-6-13(14)17-25(3,20)21/h4-10,17-18H,1-3H3. The zero-order chi connectivity index (χ0) is 19.5. The number of aryl methyl sites for hydroxylation is 1. The Morgan fingerprint density at radius 3 is 2.08 bits per heavy atom. The van der Waals surface area contributed by atoms with E-state index in [2.05, 4.69) is 14.2 Å². The van der Waals surface area contributed by atoms with E-state index < -0.39 is 26.0 Å². The normalized spacial score (nSPS) is 11.7. The van der Waals surface area contributed by atoms with Gasteiger partial charge in [-0.1, -0.05) is 18.2 Å². The third kappa shape index (κ3) is 4.73. The van der Waals surface area contributed by atoms with Crippen molar-refractivity contribution in [3.63, 3.8) is 0 Å². The third-order valence-electron chi connectivity index (χ3n) is 3.37. The first-order valence-electron chi connectivity index (χ1n) is 7.32. The molecular weight excluding hydrogens is 380 g/mol. The van der Waals surface area contributed by atoms with Crippen LogP contribution in [-0.4, -0.2) is 36.2 Å². The van der Waals surface area contributed by atoms with Crippen molar-refractivity contribution >= 4 is 37.4 Å². The maximum atomic E-state index is 12.8. The molecule has 0 bridgehead atoms. The minimum Gasteiger partial charge on any atom is -0.465 e. The molecule has 2 rings (SSSR count). The lowest BCUT2D eigenvalue weighted by molar-refractivity contribution is 0.0600. The number of esters is 1. The smallest absolute Gasteiger partial charge is 0.337 e. The van der Waals surface area contributed by atoms with Crippen LogP contribution >= 0.6 is 0 Å². The number of benzene rings is 2. The van der Waals surface area contributed by atoms with E-state index >= 15 is 0 Å². The number of rotatable bonds is 6. The summed E-state index contributed by atoms with van der Waals surface area (Å²) in [6.45, 7) is 1.58. The number of anilines is 2. The van der Waals surface area contributed by atoms with Crippen molar-refractivity contribution in [2.45, 2.75) is 11.8 Å². The summed E-state index contributed by atoms with van der Waals surface area (Å²) in [4.78, 5) is 11.5. The molecule has 2 aromatic carbocycles. The summed E-state index contributed by atoms with van der Waals surface area (Å²) in [5.41, 5.74) is 0.640. The highest BCUT2D eigenvalue weighted by atomic mass is 32.2. The van der Waals surface area contributed by atoms with Gasteiger partial charge in [0.2, 0.25) is 10.0 Å². The highest BCUT2D eigenvalue weighted by molar-refractivity contribution is 7.93. The Morgan fingerprint density at radius 1 is 0.962 bits per heavy atom. The molecule has 0 saturated heterocycles. The molecule has 0 atom stereocenters. The van der Waals surface area contributed by atoms with Crippen LogP contribution in [0.2, 0.25) is 0 Å². The molecule has 0 radical (unpaired) electrons. The molecule has 0 aliphatic carbocycles. The van der Waals surface area contributed by atoms with Crippen molar-refractivity contribution < 1.29 is 26.4 Å². The van der Waals surface area contributed by atoms with Crippen molar-refractivity contribution in [3.05, 3.63) is 53.6 Å². The fourth-order valence-electron chi connectivity index (χ4n) is 2.20. The van der Waals surface area contributed by atoms with Crippen LogP contribution in [0.25, 0.3) is 0 Å². The SMILES string of the molecule is COC(=O)c1ccc(C)c(S(=O)(=O)Nc2ccccc2NS(C)(=O)=O)c1. The molecule has 8 nitrogen and oxygen atoms in total. The van der Waals surface area contributed by atoms with Gasteiger partial charge in [0.15, 0.2) is 0 Å². The van der Waals surface area contributed by atoms with Crippen LogP contribution in [0.15, 0.2) is 47.4 Å². The first-order valence-corrected chi connectivity index (χ1v) is 10.7. The van der Waals surface area contributed by atoms with Crippen LogP contribution in [-0.2, 0) is 24.8 Å². The van der Waals surface area contributed by atoms with E-state index in [0.29, 0.717) is 5.56 Å². The van der Waals surface area contributed by atoms with Gasteiger partial charge in [-0.15, -0.1) is 0 Å². The van der Waals surface area contributed by atoms with Crippen molar-refractivity contribution in [2.24, 2.45) is 0 Å². The number of nitrogens with one attached hydrogen (secondary N) is 2. The van der Waals surface area contributed by atoms with Gasteiger partial charge in [-0.3, -0.25) is 9.44 Å². The molecule has 26 heavy (non-hydrogen) atoms. The van der Waals surface area contributed by atoms with Gasteiger partial charge in [-0.25, -0.2) is 21.6 Å². The molecule has 140 valence electrons. The zero-order valence-corrected chi connectivity index (χ0v) is 15.9. The maximum Gasteiger partial charge on any atom is 0.337 e. The molecule has 10 heteroatoms. The fraction of sp³-hybridized carbons (Fsp3) is 0.188. The van der Waals surface area contributed by atoms with E-state index in [4.69, 9.17) is 0 Å². The predicted molar refractivity (Wildman–Crippen MR) is 98.2 cm³/mol. The van der Waals surface area contributed by atoms with E-state index in [0.717, 1.165) is 6.26 Å². The molecule has 0 unspecified atom stereocenters. The lowest BCUT2D eigenvalue weighted by Crippen LogP contribution is -2.18. The van der Waals surface area contributed by atoms with Gasteiger partial charge in [-0.2, -0.15) is 0 Å². The van der Waals surface area contributed by atoms with Gasteiger partial charge < -0.3 is 4.74 Å². The van der Waals surface area contributed by atoms with E-state index in [9.17, 15) is 21.6 Å². The molecule has 0 heterocycles. The Labute approximate surface area is 152 Å². The number of hydrogen-bond donors (Lipinski definition) is 2. The largest absolute Gasteiger partial charge is 0.465 e. The number of carbonyl (C=O) groups excluding carboxylic acids is 1. The molecule has 0 aliphatic heterocycles. The summed E-state index contributed by atoms with van der Waals surface area (Å²) in [5, 5.41) is 0. The number of ether oxygens (including phenoxy) is 1. The Hall–Kier alpha value is -2.59. The Bertz CT molecular complexity index is 1050. The molecule has 0 saturated carbocycles. The average Bonchev–Trinajstić information content (AvgIpc) is 2.54. The number of methoxy groups -OCH3 is 1. The van der Waals surface area contributed by atoms with E-state index in [1.807, 2.05) is 0 Å². The Morgan fingerprint density at radius 2 is 1.54 bits per heavy atom. The Kier molecular flexibility index (Phi) is 5.57. The predicted octanol–water partition coefficient (Wildman–Crippen LogP) is 1.95. The molecule has 0 amide bonds. The summed E-state index contributed by atoms with van der Waals surface area (Å²) in [6, 6.07) is 10.1. The highest BCUT2D eigenvalue weighted by Crippen LogP contribution is 2.26. The Balaban J connectivity index is 2.46. The van der Waals surface area contributed by atoms with Crippen molar-refractivity contribution in [1.82, 2.24) is 0 Å². The topological polar surface area (TPSA) is 119 Å². The van der Waals surface area contributed by atoms with E-state index in [1.54, 1.807) is 19.1 Å². The van der Waals surface area contributed by atoms with Gasteiger partial charge in [0.25, 0.3) is 10.0 Å². The molecular formula is C16H18N2O6S2. The van der Waals surface area contributed by atoms with Gasteiger partial charge in [0.1, 0.15) is 0 Å². The molecule has 2 N–H and O–H groups in total. The minimum atomic E-state index is -4.08. The van der Waals surface area contributed by atoms with E-state index in [1.165, 1.54) is 37.4 Å². The second-order valence-corrected chi connectivity index (χ2v) is 8.90. The molecule has 2 aromatic rings. The lowest BCUT2D eigenvalue weighted by atomic mass is 10.1. The summed E-state index contributed by atoms with van der Waals surface area (Å²) < 4.78 is 57.6. The molecule has 0 fully saturated rings. The summed E-state index contributed by atoms with van der Waals surface area (Å²) in [6.07, 6.45) is 0.961. The van der Waals surface area contributed by atoms with Crippen molar-refractivity contribution in [2.75, 3.05) is 22.8 Å². The molecule has 0 spiro atoms. The number of hydrogen-bond acceptors (Lipinski definition) is 6. The highest BCUT2D eigenvalue weighted by Gasteiger charge is 2.21. The lowest BCUT2D eigenvalue weighted by Gasteiger charge is -2.15. The summed E-state index contributed by atoms with van der Waals surface area (Å²) in [7, 11) is -6.48. The van der Waals surface area contributed by atoms with Gasteiger partial charge in [0, 0.05) is 0 Å². The zero-order valence-electron chi connectivity index (χ0n) is 14.3. The summed E-state index contributed by atoms with van der Waals surface area (Å²) in [5.74, 6) is -0.666. The van der Waals surface area contributed by atoms with Crippen LogP contribution in [0.3, 0.4) is 0 Å². The first kappa shape index (κ1) is 19.7. The summed E-state index contributed by atoms with van der Waals surface area (Å²) >= 11 is 0. The molecule has 0 aromatic heterocycles. The monoisotopic (exact) mass is 398 g/mol. The number of carbonyl (C=O) groups is 1. The minimum absolute atomic E-state index is 0.0563. The van der Waals surface area contributed by atoms with Gasteiger partial charge >= 0.3 is 5.97 Å². The number of para-hydroxylation sites is 2. The van der Waals surface area contributed by atoms with Crippen LogP contribution < -0.4 is 9.44 Å². The van der Waals surface area contributed by atoms with Crippen molar-refractivity contribution in [1.29, 1.82) is 0 Å². The second-order valence-electron chi connectivity index (χ2n) is 5.50. The van der Waals surface area contributed by atoms with Crippen LogP contribution in [0.1, 0.15) is 15.9 Å². The molecule has 0 aliphatic rings. The first-order chi connectivity index (χ1) is 12.0. The van der Waals surface area contributed by atoms with Crippen molar-refractivity contribution in [3.8, 4) is 0 Å². The fourth-order valence-corrected chi connectivity index (χ4v) is 4.12. The van der Waals surface area contributed by atoms with E-state index in [-0.39, 0.29) is 21.8 Å². The number of sulfonamides is 2. The van der Waals surface area contributed by atoms with Crippen LogP contribution in [0, 0.1) is 6.92 Å². The second kappa shape index (κ2) is 7.34. The quantitative estimate of drug-likeness (QED) is 0.718. The van der Waals surface area contributed by atoms with Gasteiger partial charge in [0.05, 0.1) is 35.2 Å².